The van der Waals surface area contributed by atoms with E-state index in [2.05, 4.69) is 0 Å². The zero-order valence-corrected chi connectivity index (χ0v) is 8.60. The molecule has 16 heavy (non-hydrogen) atoms. The van der Waals surface area contributed by atoms with Crippen molar-refractivity contribution in [2.75, 3.05) is 6.61 Å². The molecule has 0 saturated carbocycles. The molecule has 0 aliphatic rings. The van der Waals surface area contributed by atoms with Gasteiger partial charge in [0, 0.05) is 12.1 Å². The van der Waals surface area contributed by atoms with Crippen LogP contribution in [0.4, 0.5) is 5.69 Å². The van der Waals surface area contributed by atoms with E-state index in [-0.39, 0.29) is 12.3 Å². The van der Waals surface area contributed by atoms with Gasteiger partial charge in [-0.25, -0.2) is 5.84 Å². The molecule has 1 amide bonds. The Kier molecular flexibility index (Phi) is 3.78. The first-order valence-electron chi connectivity index (χ1n) is 4.42. The number of non-ortho nitro benzene ring substituents is 1. The molecule has 0 saturated heterocycles. The lowest BCUT2D eigenvalue weighted by Gasteiger charge is -2.07. The summed E-state index contributed by atoms with van der Waals surface area (Å²) in [5.74, 6) is 4.81. The second kappa shape index (κ2) is 5.08. The summed E-state index contributed by atoms with van der Waals surface area (Å²) >= 11 is 0. The minimum absolute atomic E-state index is 0.0203. The second-order valence-electron chi connectivity index (χ2n) is 3.06. The molecule has 3 N–H and O–H groups in total. The van der Waals surface area contributed by atoms with E-state index in [0.717, 1.165) is 0 Å². The third-order valence-corrected chi connectivity index (χ3v) is 1.89. The number of nitrogens with one attached hydrogen (secondary N) is 1. The number of benzene rings is 1. The van der Waals surface area contributed by atoms with Gasteiger partial charge in [-0.3, -0.25) is 20.3 Å². The van der Waals surface area contributed by atoms with Crippen LogP contribution in [-0.2, 0) is 4.79 Å². The van der Waals surface area contributed by atoms with Crippen LogP contribution in [0.5, 0.6) is 5.75 Å². The first-order chi connectivity index (χ1) is 7.54. The van der Waals surface area contributed by atoms with Crippen molar-refractivity contribution < 1.29 is 14.5 Å². The Bertz CT molecular complexity index is 419. The number of carbonyl (C=O) groups excluding carboxylic acids is 1. The molecular formula is C9H11N3O4. The molecule has 7 nitrogen and oxygen atoms in total. The number of aryl methyl sites for hydroxylation is 1. The number of nitrogens with zero attached hydrogens (tertiary/aromatic N) is 1. The van der Waals surface area contributed by atoms with Crippen molar-refractivity contribution in [2.45, 2.75) is 6.92 Å². The highest BCUT2D eigenvalue weighted by Gasteiger charge is 2.09. The molecule has 1 aromatic rings. The van der Waals surface area contributed by atoms with Crippen molar-refractivity contribution in [3.8, 4) is 5.75 Å². The topological polar surface area (TPSA) is 107 Å². The highest BCUT2D eigenvalue weighted by atomic mass is 16.6. The Morgan fingerprint density at radius 2 is 2.31 bits per heavy atom. The van der Waals surface area contributed by atoms with Gasteiger partial charge in [0.25, 0.3) is 11.6 Å². The largest absolute Gasteiger partial charge is 0.483 e. The molecule has 0 fully saturated rings. The summed E-state index contributed by atoms with van der Waals surface area (Å²) in [4.78, 5) is 20.8. The van der Waals surface area contributed by atoms with Crippen molar-refractivity contribution in [3.05, 3.63) is 33.9 Å². The van der Waals surface area contributed by atoms with Gasteiger partial charge < -0.3 is 4.74 Å². The van der Waals surface area contributed by atoms with E-state index < -0.39 is 10.8 Å². The minimum atomic E-state index is -0.497. The predicted molar refractivity (Wildman–Crippen MR) is 55.7 cm³/mol. The summed E-state index contributed by atoms with van der Waals surface area (Å²) < 4.78 is 5.11. The molecule has 0 unspecified atom stereocenters. The quantitative estimate of drug-likeness (QED) is 0.331. The third-order valence-electron chi connectivity index (χ3n) is 1.89. The molecule has 0 aliphatic carbocycles. The lowest BCUT2D eigenvalue weighted by molar-refractivity contribution is -0.384. The predicted octanol–water partition coefficient (Wildman–Crippen LogP) is 0.272. The smallest absolute Gasteiger partial charge is 0.271 e. The summed E-state index contributed by atoms with van der Waals surface area (Å²) in [5, 5.41) is 10.5. The van der Waals surface area contributed by atoms with Crippen LogP contribution in [0.25, 0.3) is 0 Å². The number of nitro benzene ring substituents is 1. The van der Waals surface area contributed by atoms with Crippen molar-refractivity contribution in [3.63, 3.8) is 0 Å². The van der Waals surface area contributed by atoms with E-state index in [0.29, 0.717) is 11.3 Å². The fourth-order valence-corrected chi connectivity index (χ4v) is 1.09. The lowest BCUT2D eigenvalue weighted by Crippen LogP contribution is -2.34. The van der Waals surface area contributed by atoms with Gasteiger partial charge in [0.2, 0.25) is 0 Å². The Balaban J connectivity index is 2.75. The molecule has 1 aromatic carbocycles. The molecule has 0 bridgehead atoms. The Morgan fingerprint density at radius 1 is 1.62 bits per heavy atom. The zero-order valence-electron chi connectivity index (χ0n) is 8.60. The van der Waals surface area contributed by atoms with Crippen LogP contribution >= 0.6 is 0 Å². The van der Waals surface area contributed by atoms with Crippen molar-refractivity contribution in [2.24, 2.45) is 5.84 Å². The summed E-state index contributed by atoms with van der Waals surface area (Å²) in [6.45, 7) is 1.43. The van der Waals surface area contributed by atoms with Gasteiger partial charge in [-0.05, 0) is 18.6 Å². The monoisotopic (exact) mass is 225 g/mol. The number of hydrogen-bond donors (Lipinski definition) is 2. The van der Waals surface area contributed by atoms with Gasteiger partial charge in [0.15, 0.2) is 6.61 Å². The summed E-state index contributed by atoms with van der Waals surface area (Å²) in [7, 11) is 0. The molecule has 0 atom stereocenters. The maximum Gasteiger partial charge on any atom is 0.271 e. The highest BCUT2D eigenvalue weighted by molar-refractivity contribution is 5.76. The molecule has 0 heterocycles. The van der Waals surface area contributed by atoms with Crippen LogP contribution in [0.15, 0.2) is 18.2 Å². The van der Waals surface area contributed by atoms with Crippen molar-refractivity contribution >= 4 is 11.6 Å². The number of nitrogens with two attached hydrogens (primary N) is 1. The van der Waals surface area contributed by atoms with Gasteiger partial charge in [-0.2, -0.15) is 0 Å². The fourth-order valence-electron chi connectivity index (χ4n) is 1.09. The van der Waals surface area contributed by atoms with E-state index in [1.54, 1.807) is 6.92 Å². The van der Waals surface area contributed by atoms with E-state index in [9.17, 15) is 14.9 Å². The Hall–Kier alpha value is -2.15. The molecule has 0 radical (unpaired) electrons. The molecule has 86 valence electrons. The van der Waals surface area contributed by atoms with Crippen molar-refractivity contribution in [1.29, 1.82) is 0 Å². The maximum atomic E-state index is 10.8. The SMILES string of the molecule is Cc1cc([N+](=O)[O-])ccc1OCC(=O)NN. The first kappa shape index (κ1) is 11.9. The molecule has 0 spiro atoms. The molecular weight excluding hydrogens is 214 g/mol. The lowest BCUT2D eigenvalue weighted by atomic mass is 10.2. The number of amides is 1. The average Bonchev–Trinajstić information content (AvgIpc) is 2.26. The van der Waals surface area contributed by atoms with E-state index in [4.69, 9.17) is 10.6 Å². The fraction of sp³-hybridized carbons (Fsp3) is 0.222. The van der Waals surface area contributed by atoms with E-state index >= 15 is 0 Å². The van der Waals surface area contributed by atoms with Crippen LogP contribution < -0.4 is 16.0 Å². The number of rotatable bonds is 4. The van der Waals surface area contributed by atoms with Gasteiger partial charge in [0.1, 0.15) is 5.75 Å². The van der Waals surface area contributed by atoms with Gasteiger partial charge in [-0.1, -0.05) is 0 Å². The standard InChI is InChI=1S/C9H11N3O4/c1-6-4-7(12(14)15)2-3-8(6)16-5-9(13)11-10/h2-4H,5,10H2,1H3,(H,11,13). The van der Waals surface area contributed by atoms with Gasteiger partial charge in [-0.15, -0.1) is 0 Å². The van der Waals surface area contributed by atoms with Crippen LogP contribution in [0.2, 0.25) is 0 Å². The average molecular weight is 225 g/mol. The molecule has 0 aromatic heterocycles. The maximum absolute atomic E-state index is 10.8. The Labute approximate surface area is 91.3 Å². The number of hydrazine groups is 1. The molecule has 0 aliphatic heterocycles. The van der Waals surface area contributed by atoms with E-state index in [1.165, 1.54) is 18.2 Å². The molecule has 1 rings (SSSR count). The first-order valence-corrected chi connectivity index (χ1v) is 4.42. The van der Waals surface area contributed by atoms with Gasteiger partial charge in [0.05, 0.1) is 4.92 Å². The highest BCUT2D eigenvalue weighted by Crippen LogP contribution is 2.22. The number of nitro groups is 1. The van der Waals surface area contributed by atoms with Crippen LogP contribution in [0.3, 0.4) is 0 Å². The van der Waals surface area contributed by atoms with Crippen LogP contribution in [0, 0.1) is 17.0 Å². The Morgan fingerprint density at radius 3 is 2.81 bits per heavy atom. The zero-order chi connectivity index (χ0) is 12.1. The normalized spacial score (nSPS) is 9.62. The van der Waals surface area contributed by atoms with Crippen LogP contribution in [-0.4, -0.2) is 17.4 Å². The minimum Gasteiger partial charge on any atom is -0.483 e. The summed E-state index contributed by atoms with van der Waals surface area (Å²) in [6.07, 6.45) is 0. The number of carbonyl (C=O) groups is 1. The number of ether oxygens (including phenoxy) is 1. The van der Waals surface area contributed by atoms with E-state index in [1.807, 2.05) is 5.43 Å². The van der Waals surface area contributed by atoms with Gasteiger partial charge >= 0.3 is 0 Å². The third kappa shape index (κ3) is 2.92. The second-order valence-corrected chi connectivity index (χ2v) is 3.06. The molecule has 7 heteroatoms. The summed E-state index contributed by atoms with van der Waals surface area (Å²) in [5.41, 5.74) is 2.47. The number of hydrogen-bond acceptors (Lipinski definition) is 5. The van der Waals surface area contributed by atoms with Crippen molar-refractivity contribution in [1.82, 2.24) is 5.43 Å². The summed E-state index contributed by atoms with van der Waals surface area (Å²) in [6, 6.07) is 4.12. The van der Waals surface area contributed by atoms with Crippen LogP contribution in [0.1, 0.15) is 5.56 Å².